The Morgan fingerprint density at radius 1 is 1.40 bits per heavy atom. The SMILES string of the molecule is Cc1cc(NC(=O)CN(C)C(=O)CCCCCN)no1. The maximum Gasteiger partial charge on any atom is 0.245 e. The average molecular weight is 282 g/mol. The number of aromatic nitrogens is 1. The van der Waals surface area contributed by atoms with E-state index in [1.165, 1.54) is 4.90 Å². The molecule has 0 bridgehead atoms. The van der Waals surface area contributed by atoms with Crippen molar-refractivity contribution >= 4 is 17.6 Å². The molecule has 1 rings (SSSR count). The number of aryl methyl sites for hydroxylation is 1. The van der Waals surface area contributed by atoms with E-state index in [1.54, 1.807) is 20.0 Å². The quantitative estimate of drug-likeness (QED) is 0.690. The molecule has 0 aliphatic heterocycles. The molecule has 0 saturated heterocycles. The molecular formula is C13H22N4O3. The molecule has 2 amide bonds. The molecule has 20 heavy (non-hydrogen) atoms. The lowest BCUT2D eigenvalue weighted by Gasteiger charge is -2.16. The lowest BCUT2D eigenvalue weighted by Crippen LogP contribution is -2.34. The van der Waals surface area contributed by atoms with E-state index in [9.17, 15) is 9.59 Å². The zero-order valence-electron chi connectivity index (χ0n) is 12.0. The first-order valence-corrected chi connectivity index (χ1v) is 6.70. The topological polar surface area (TPSA) is 101 Å². The average Bonchev–Trinajstić information content (AvgIpc) is 2.79. The van der Waals surface area contributed by atoms with Crippen LogP contribution in [0, 0.1) is 6.92 Å². The fourth-order valence-electron chi connectivity index (χ4n) is 1.70. The number of nitrogens with one attached hydrogen (secondary N) is 1. The smallest absolute Gasteiger partial charge is 0.245 e. The van der Waals surface area contributed by atoms with Gasteiger partial charge >= 0.3 is 0 Å². The highest BCUT2D eigenvalue weighted by atomic mass is 16.5. The van der Waals surface area contributed by atoms with E-state index >= 15 is 0 Å². The van der Waals surface area contributed by atoms with Crippen molar-refractivity contribution in [2.75, 3.05) is 25.5 Å². The van der Waals surface area contributed by atoms with Crippen molar-refractivity contribution in [2.45, 2.75) is 32.6 Å². The third-order valence-electron chi connectivity index (χ3n) is 2.80. The normalized spacial score (nSPS) is 10.3. The summed E-state index contributed by atoms with van der Waals surface area (Å²) >= 11 is 0. The van der Waals surface area contributed by atoms with Crippen molar-refractivity contribution in [3.8, 4) is 0 Å². The van der Waals surface area contributed by atoms with E-state index in [2.05, 4.69) is 10.5 Å². The number of hydrogen-bond acceptors (Lipinski definition) is 5. The summed E-state index contributed by atoms with van der Waals surface area (Å²) < 4.78 is 4.84. The first-order chi connectivity index (χ1) is 9.52. The van der Waals surface area contributed by atoms with Gasteiger partial charge in [-0.3, -0.25) is 9.59 Å². The van der Waals surface area contributed by atoms with Crippen LogP contribution in [-0.2, 0) is 9.59 Å². The summed E-state index contributed by atoms with van der Waals surface area (Å²) in [4.78, 5) is 24.9. The third-order valence-corrected chi connectivity index (χ3v) is 2.80. The zero-order chi connectivity index (χ0) is 15.0. The van der Waals surface area contributed by atoms with Gasteiger partial charge in [0.05, 0.1) is 6.54 Å². The Morgan fingerprint density at radius 2 is 2.15 bits per heavy atom. The van der Waals surface area contributed by atoms with Crippen LogP contribution in [0.25, 0.3) is 0 Å². The Morgan fingerprint density at radius 3 is 2.75 bits per heavy atom. The number of anilines is 1. The summed E-state index contributed by atoms with van der Waals surface area (Å²) in [6, 6.07) is 1.62. The van der Waals surface area contributed by atoms with Gasteiger partial charge in [-0.2, -0.15) is 0 Å². The Labute approximate surface area is 118 Å². The standard InChI is InChI=1S/C13H22N4O3/c1-10-8-11(16-20-10)15-12(18)9-17(2)13(19)6-4-3-5-7-14/h8H,3-7,9,14H2,1-2H3,(H,15,16,18). The number of amides is 2. The van der Waals surface area contributed by atoms with Crippen molar-refractivity contribution in [1.82, 2.24) is 10.1 Å². The second kappa shape index (κ2) is 8.31. The molecule has 0 spiro atoms. The number of rotatable bonds is 8. The Kier molecular flexibility index (Phi) is 6.72. The largest absolute Gasteiger partial charge is 0.360 e. The minimum absolute atomic E-state index is 0.00162. The van der Waals surface area contributed by atoms with Gasteiger partial charge in [-0.05, 0) is 26.3 Å². The number of likely N-dealkylation sites (N-methyl/N-ethyl adjacent to an activating group) is 1. The van der Waals surface area contributed by atoms with Crippen molar-refractivity contribution in [3.05, 3.63) is 11.8 Å². The van der Waals surface area contributed by atoms with Gasteiger partial charge in [0.15, 0.2) is 5.82 Å². The number of nitrogens with two attached hydrogens (primary N) is 1. The fraction of sp³-hybridized carbons (Fsp3) is 0.615. The lowest BCUT2D eigenvalue weighted by molar-refractivity contribution is -0.133. The highest BCUT2D eigenvalue weighted by Gasteiger charge is 2.13. The summed E-state index contributed by atoms with van der Waals surface area (Å²) in [5, 5.41) is 6.23. The minimum atomic E-state index is -0.295. The molecule has 112 valence electrons. The van der Waals surface area contributed by atoms with Crippen molar-refractivity contribution in [1.29, 1.82) is 0 Å². The molecule has 0 aliphatic rings. The molecule has 7 heteroatoms. The van der Waals surface area contributed by atoms with Crippen LogP contribution in [-0.4, -0.2) is 42.0 Å². The van der Waals surface area contributed by atoms with Gasteiger partial charge in [0.1, 0.15) is 5.76 Å². The molecule has 0 fully saturated rings. The lowest BCUT2D eigenvalue weighted by atomic mass is 10.2. The molecule has 0 aliphatic carbocycles. The summed E-state index contributed by atoms with van der Waals surface area (Å²) in [5.41, 5.74) is 5.38. The second-order valence-corrected chi connectivity index (χ2v) is 4.72. The van der Waals surface area contributed by atoms with Crippen molar-refractivity contribution < 1.29 is 14.1 Å². The maximum atomic E-state index is 11.8. The van der Waals surface area contributed by atoms with E-state index in [1.807, 2.05) is 0 Å². The number of hydrogen-bond donors (Lipinski definition) is 2. The molecular weight excluding hydrogens is 260 g/mol. The van der Waals surface area contributed by atoms with Crippen LogP contribution in [0.1, 0.15) is 31.4 Å². The van der Waals surface area contributed by atoms with Crippen molar-refractivity contribution in [2.24, 2.45) is 5.73 Å². The molecule has 1 aromatic rings. The van der Waals surface area contributed by atoms with E-state index in [-0.39, 0.29) is 18.4 Å². The van der Waals surface area contributed by atoms with Gasteiger partial charge in [-0.1, -0.05) is 11.6 Å². The van der Waals surface area contributed by atoms with Gasteiger partial charge in [0.2, 0.25) is 11.8 Å². The molecule has 0 unspecified atom stereocenters. The Bertz CT molecular complexity index is 445. The van der Waals surface area contributed by atoms with Crippen LogP contribution in [0.15, 0.2) is 10.6 Å². The first kappa shape index (κ1) is 16.2. The van der Waals surface area contributed by atoms with E-state index < -0.39 is 0 Å². The number of nitrogens with zero attached hydrogens (tertiary/aromatic N) is 2. The van der Waals surface area contributed by atoms with Crippen LogP contribution in [0.3, 0.4) is 0 Å². The van der Waals surface area contributed by atoms with Crippen LogP contribution in [0.4, 0.5) is 5.82 Å². The molecule has 0 saturated carbocycles. The predicted octanol–water partition coefficient (Wildman–Crippen LogP) is 0.899. The summed E-state index contributed by atoms with van der Waals surface area (Å²) in [6.45, 7) is 2.38. The third kappa shape index (κ3) is 5.83. The summed E-state index contributed by atoms with van der Waals surface area (Å²) in [5.74, 6) is 0.630. The van der Waals surface area contributed by atoms with E-state index in [0.717, 1.165) is 19.3 Å². The molecule has 0 aromatic carbocycles. The van der Waals surface area contributed by atoms with Gasteiger partial charge in [-0.25, -0.2) is 0 Å². The van der Waals surface area contributed by atoms with Crippen molar-refractivity contribution in [3.63, 3.8) is 0 Å². The maximum absolute atomic E-state index is 11.8. The second-order valence-electron chi connectivity index (χ2n) is 4.72. The number of carbonyl (C=O) groups is 2. The molecule has 3 N–H and O–H groups in total. The zero-order valence-corrected chi connectivity index (χ0v) is 12.0. The molecule has 1 aromatic heterocycles. The number of carbonyl (C=O) groups excluding carboxylic acids is 2. The van der Waals surface area contributed by atoms with E-state index in [4.69, 9.17) is 10.3 Å². The fourth-order valence-corrected chi connectivity index (χ4v) is 1.70. The van der Waals surface area contributed by atoms with Crippen LogP contribution in [0.2, 0.25) is 0 Å². The van der Waals surface area contributed by atoms with E-state index in [0.29, 0.717) is 24.5 Å². The first-order valence-electron chi connectivity index (χ1n) is 6.70. The van der Waals surface area contributed by atoms with Gasteiger partial charge < -0.3 is 20.5 Å². The minimum Gasteiger partial charge on any atom is -0.360 e. The highest BCUT2D eigenvalue weighted by Crippen LogP contribution is 2.07. The van der Waals surface area contributed by atoms with Crippen LogP contribution < -0.4 is 11.1 Å². The Balaban J connectivity index is 2.28. The molecule has 0 radical (unpaired) electrons. The molecule has 0 atom stereocenters. The predicted molar refractivity (Wildman–Crippen MR) is 75.0 cm³/mol. The Hall–Kier alpha value is -1.89. The van der Waals surface area contributed by atoms with Gasteiger partial charge in [0, 0.05) is 19.5 Å². The molecule has 7 nitrogen and oxygen atoms in total. The van der Waals surface area contributed by atoms with Gasteiger partial charge in [-0.15, -0.1) is 0 Å². The highest BCUT2D eigenvalue weighted by molar-refractivity contribution is 5.93. The summed E-state index contributed by atoms with van der Waals surface area (Å²) in [7, 11) is 1.61. The summed E-state index contributed by atoms with van der Waals surface area (Å²) in [6.07, 6.45) is 3.08. The van der Waals surface area contributed by atoms with Crippen LogP contribution in [0.5, 0.6) is 0 Å². The van der Waals surface area contributed by atoms with Crippen LogP contribution >= 0.6 is 0 Å². The van der Waals surface area contributed by atoms with Gasteiger partial charge in [0.25, 0.3) is 0 Å². The molecule has 1 heterocycles. The monoisotopic (exact) mass is 282 g/mol. The number of unbranched alkanes of at least 4 members (excludes halogenated alkanes) is 2.